The third-order valence-corrected chi connectivity index (χ3v) is 4.33. The zero-order valence-electron chi connectivity index (χ0n) is 11.2. The van der Waals surface area contributed by atoms with Crippen molar-refractivity contribution in [1.82, 2.24) is 0 Å². The minimum Gasteiger partial charge on any atom is -0.481 e. The second-order valence-electron chi connectivity index (χ2n) is 4.51. The van der Waals surface area contributed by atoms with Crippen LogP contribution in [0.1, 0.15) is 0 Å². The molecular formula is C13H10F3NO5S. The van der Waals surface area contributed by atoms with Crippen LogP contribution in [0.25, 0.3) is 0 Å². The van der Waals surface area contributed by atoms with Crippen molar-refractivity contribution in [2.24, 2.45) is 5.92 Å². The van der Waals surface area contributed by atoms with E-state index in [-0.39, 0.29) is 5.70 Å². The van der Waals surface area contributed by atoms with Crippen molar-refractivity contribution in [3.8, 4) is 0 Å². The van der Waals surface area contributed by atoms with E-state index < -0.39 is 53.0 Å². The Kier molecular flexibility index (Phi) is 4.85. The van der Waals surface area contributed by atoms with Crippen LogP contribution in [0, 0.1) is 23.4 Å². The first-order valence-corrected chi connectivity index (χ1v) is 7.07. The number of benzene rings is 1. The Bertz CT molecular complexity index is 682. The van der Waals surface area contributed by atoms with Crippen molar-refractivity contribution in [3.63, 3.8) is 0 Å². The monoisotopic (exact) mass is 349 g/mol. The minimum absolute atomic E-state index is 0.0302. The van der Waals surface area contributed by atoms with Gasteiger partial charge in [-0.1, -0.05) is 0 Å². The van der Waals surface area contributed by atoms with Crippen LogP contribution in [0.4, 0.5) is 18.9 Å². The highest BCUT2D eigenvalue weighted by Gasteiger charge is 2.43. The van der Waals surface area contributed by atoms with Gasteiger partial charge in [-0.15, -0.1) is 11.8 Å². The molecule has 0 aromatic heterocycles. The summed E-state index contributed by atoms with van der Waals surface area (Å²) in [6.45, 7) is -0.673. The van der Waals surface area contributed by atoms with E-state index in [1.54, 1.807) is 0 Å². The van der Waals surface area contributed by atoms with Gasteiger partial charge >= 0.3 is 11.9 Å². The average molecular weight is 349 g/mol. The van der Waals surface area contributed by atoms with E-state index in [1.807, 2.05) is 0 Å². The molecule has 0 aliphatic carbocycles. The summed E-state index contributed by atoms with van der Waals surface area (Å²) in [7, 11) is 0. The molecule has 6 nitrogen and oxygen atoms in total. The number of aliphatic hydroxyl groups is 1. The van der Waals surface area contributed by atoms with Crippen LogP contribution in [0.5, 0.6) is 0 Å². The van der Waals surface area contributed by atoms with Gasteiger partial charge in [0.25, 0.3) is 0 Å². The molecule has 0 fully saturated rings. The summed E-state index contributed by atoms with van der Waals surface area (Å²) in [6.07, 6.45) is 0. The SMILES string of the molecule is O=C(O)C(C(=O)O)C1SC=C(CO)N1c1ccc(F)c(F)c1F. The number of rotatable bonds is 5. The maximum absolute atomic E-state index is 14.0. The summed E-state index contributed by atoms with van der Waals surface area (Å²) in [5.41, 5.74) is -0.593. The highest BCUT2D eigenvalue weighted by Crippen LogP contribution is 2.41. The van der Waals surface area contributed by atoms with Gasteiger partial charge in [-0.25, -0.2) is 13.2 Å². The van der Waals surface area contributed by atoms with Crippen molar-refractivity contribution >= 4 is 29.4 Å². The van der Waals surface area contributed by atoms with E-state index >= 15 is 0 Å². The standard InChI is InChI=1S/C13H10F3NO5S/c14-6-1-2-7(10(16)9(6)15)17-5(3-18)4-23-11(17)8(12(19)20)13(21)22/h1-2,4,8,11,18H,3H2,(H,19,20)(H,21,22). The largest absolute Gasteiger partial charge is 0.481 e. The molecule has 1 unspecified atom stereocenters. The lowest BCUT2D eigenvalue weighted by molar-refractivity contribution is -0.154. The molecule has 0 radical (unpaired) electrons. The van der Waals surface area contributed by atoms with Crippen LogP contribution in [-0.4, -0.2) is 39.2 Å². The number of aliphatic hydroxyl groups excluding tert-OH is 1. The second kappa shape index (κ2) is 6.50. The molecule has 0 bridgehead atoms. The summed E-state index contributed by atoms with van der Waals surface area (Å²) < 4.78 is 40.5. The maximum atomic E-state index is 14.0. The predicted molar refractivity (Wildman–Crippen MR) is 74.1 cm³/mol. The molecule has 1 heterocycles. The van der Waals surface area contributed by atoms with Gasteiger partial charge in [-0.05, 0) is 17.5 Å². The van der Waals surface area contributed by atoms with E-state index in [0.29, 0.717) is 6.07 Å². The van der Waals surface area contributed by atoms with Crippen LogP contribution >= 0.6 is 11.8 Å². The van der Waals surface area contributed by atoms with Gasteiger partial charge in [0.2, 0.25) is 0 Å². The zero-order valence-corrected chi connectivity index (χ0v) is 12.1. The molecule has 2 rings (SSSR count). The molecule has 1 aliphatic rings. The molecule has 0 amide bonds. The quantitative estimate of drug-likeness (QED) is 0.549. The normalized spacial score (nSPS) is 17.5. The third kappa shape index (κ3) is 2.99. The second-order valence-corrected chi connectivity index (χ2v) is 5.50. The molecule has 1 aromatic carbocycles. The number of carboxylic acids is 2. The fourth-order valence-electron chi connectivity index (χ4n) is 2.11. The highest BCUT2D eigenvalue weighted by atomic mass is 32.2. The van der Waals surface area contributed by atoms with E-state index in [2.05, 4.69) is 0 Å². The number of anilines is 1. The Balaban J connectivity index is 2.54. The smallest absolute Gasteiger partial charge is 0.320 e. The van der Waals surface area contributed by atoms with Gasteiger partial charge in [-0.2, -0.15) is 0 Å². The summed E-state index contributed by atoms with van der Waals surface area (Å²) in [4.78, 5) is 23.2. The summed E-state index contributed by atoms with van der Waals surface area (Å²) in [5.74, 6) is -10.2. The lowest BCUT2D eigenvalue weighted by Crippen LogP contribution is -2.43. The fraction of sp³-hybridized carbons (Fsp3) is 0.231. The topological polar surface area (TPSA) is 98.1 Å². The van der Waals surface area contributed by atoms with Crippen LogP contribution in [0.3, 0.4) is 0 Å². The Hall–Kier alpha value is -2.20. The third-order valence-electron chi connectivity index (χ3n) is 3.16. The molecule has 10 heteroatoms. The van der Waals surface area contributed by atoms with Crippen molar-refractivity contribution in [2.75, 3.05) is 11.5 Å². The number of thioether (sulfide) groups is 1. The predicted octanol–water partition coefficient (Wildman–Crippen LogP) is 1.60. The molecule has 0 saturated carbocycles. The first-order valence-electron chi connectivity index (χ1n) is 6.13. The van der Waals surface area contributed by atoms with Gasteiger partial charge in [0.15, 0.2) is 23.4 Å². The van der Waals surface area contributed by atoms with Gasteiger partial charge in [0.05, 0.1) is 18.0 Å². The maximum Gasteiger partial charge on any atom is 0.320 e. The molecule has 1 aliphatic heterocycles. The number of carbonyl (C=O) groups is 2. The molecule has 1 atom stereocenters. The number of hydrogen-bond acceptors (Lipinski definition) is 5. The Morgan fingerprint density at radius 3 is 2.30 bits per heavy atom. The first-order chi connectivity index (χ1) is 10.8. The molecule has 124 valence electrons. The van der Waals surface area contributed by atoms with Gasteiger partial charge < -0.3 is 20.2 Å². The van der Waals surface area contributed by atoms with Gasteiger partial charge in [0, 0.05) is 0 Å². The molecule has 23 heavy (non-hydrogen) atoms. The summed E-state index contributed by atoms with van der Waals surface area (Å²) in [5, 5.41) is 27.3. The zero-order chi connectivity index (χ0) is 17.3. The van der Waals surface area contributed by atoms with Gasteiger partial charge in [-0.3, -0.25) is 9.59 Å². The minimum atomic E-state index is -1.98. The number of nitrogens with zero attached hydrogens (tertiary/aromatic N) is 1. The number of carboxylic acid groups (broad SMARTS) is 2. The van der Waals surface area contributed by atoms with E-state index in [4.69, 9.17) is 10.2 Å². The van der Waals surface area contributed by atoms with E-state index in [1.165, 1.54) is 5.41 Å². The lowest BCUT2D eigenvalue weighted by atomic mass is 10.1. The number of aliphatic carboxylic acids is 2. The van der Waals surface area contributed by atoms with Crippen molar-refractivity contribution in [3.05, 3.63) is 40.7 Å². The lowest BCUT2D eigenvalue weighted by Gasteiger charge is -2.30. The van der Waals surface area contributed by atoms with Gasteiger partial charge in [0.1, 0.15) is 5.37 Å². The van der Waals surface area contributed by atoms with E-state index in [0.717, 1.165) is 22.7 Å². The number of hydrogen-bond donors (Lipinski definition) is 3. The molecule has 3 N–H and O–H groups in total. The Labute approximate surface area is 131 Å². The Morgan fingerprint density at radius 2 is 1.78 bits per heavy atom. The number of halogens is 3. The van der Waals surface area contributed by atoms with Crippen LogP contribution in [-0.2, 0) is 9.59 Å². The van der Waals surface area contributed by atoms with Crippen molar-refractivity contribution < 1.29 is 38.1 Å². The molecular weight excluding hydrogens is 339 g/mol. The molecule has 0 saturated heterocycles. The summed E-state index contributed by atoms with van der Waals surface area (Å²) >= 11 is 0.721. The van der Waals surface area contributed by atoms with Crippen LogP contribution < -0.4 is 4.90 Å². The van der Waals surface area contributed by atoms with Crippen molar-refractivity contribution in [1.29, 1.82) is 0 Å². The highest BCUT2D eigenvalue weighted by molar-refractivity contribution is 8.03. The van der Waals surface area contributed by atoms with Crippen LogP contribution in [0.15, 0.2) is 23.2 Å². The molecule has 0 spiro atoms. The van der Waals surface area contributed by atoms with E-state index in [9.17, 15) is 27.9 Å². The summed E-state index contributed by atoms with van der Waals surface area (Å²) in [6, 6.07) is 1.47. The Morgan fingerprint density at radius 1 is 1.17 bits per heavy atom. The fourth-order valence-corrected chi connectivity index (χ4v) is 3.36. The van der Waals surface area contributed by atoms with Crippen LogP contribution in [0.2, 0.25) is 0 Å². The first kappa shape index (κ1) is 17.2. The van der Waals surface area contributed by atoms with Crippen molar-refractivity contribution in [2.45, 2.75) is 5.37 Å². The average Bonchev–Trinajstić information content (AvgIpc) is 2.88. The molecule has 1 aromatic rings.